The summed E-state index contributed by atoms with van der Waals surface area (Å²) in [6.45, 7) is 3.95. The van der Waals surface area contributed by atoms with Crippen LogP contribution < -0.4 is 10.5 Å². The lowest BCUT2D eigenvalue weighted by molar-refractivity contribution is 0.535. The van der Waals surface area contributed by atoms with Crippen molar-refractivity contribution in [2.24, 2.45) is 5.73 Å². The van der Waals surface area contributed by atoms with Crippen molar-refractivity contribution in [2.45, 2.75) is 43.4 Å². The Morgan fingerprint density at radius 3 is 2.72 bits per heavy atom. The zero-order valence-corrected chi connectivity index (χ0v) is 12.9. The first-order valence-corrected chi connectivity index (χ1v) is 8.49. The summed E-state index contributed by atoms with van der Waals surface area (Å²) in [4.78, 5) is 0.840. The average Bonchev–Trinajstić information content (AvgIpc) is 2.75. The van der Waals surface area contributed by atoms with Gasteiger partial charge in [0.05, 0.1) is 4.88 Å². The number of hydrogen-bond acceptors (Lipinski definition) is 4. The summed E-state index contributed by atoms with van der Waals surface area (Å²) < 4.78 is 27.0. The fourth-order valence-electron chi connectivity index (χ4n) is 1.49. The van der Waals surface area contributed by atoms with Crippen LogP contribution in [0.4, 0.5) is 0 Å². The minimum Gasteiger partial charge on any atom is -0.389 e. The largest absolute Gasteiger partial charge is 0.389 e. The molecule has 0 spiro atoms. The Morgan fingerprint density at radius 2 is 2.22 bits per heavy atom. The number of hydrogen-bond donors (Lipinski definition) is 2. The third-order valence-corrected chi connectivity index (χ3v) is 5.99. The highest BCUT2D eigenvalue weighted by Crippen LogP contribution is 2.21. The third-order valence-electron chi connectivity index (χ3n) is 2.44. The number of nitrogens with one attached hydrogen (secondary N) is 1. The molecule has 1 aromatic heterocycles. The molecule has 3 N–H and O–H groups in total. The van der Waals surface area contributed by atoms with Crippen molar-refractivity contribution in [1.29, 1.82) is 0 Å². The van der Waals surface area contributed by atoms with E-state index in [1.54, 1.807) is 6.07 Å². The zero-order valence-electron chi connectivity index (χ0n) is 10.5. The molecule has 1 rings (SSSR count). The van der Waals surface area contributed by atoms with Crippen molar-refractivity contribution in [3.05, 3.63) is 17.0 Å². The Bertz CT molecular complexity index is 508. The second-order valence-electron chi connectivity index (χ2n) is 4.15. The minimum absolute atomic E-state index is 0.0645. The van der Waals surface area contributed by atoms with Crippen LogP contribution in [0.1, 0.15) is 38.0 Å². The number of sulfonamides is 1. The molecule has 4 nitrogen and oxygen atoms in total. The topological polar surface area (TPSA) is 72.2 Å². The van der Waals surface area contributed by atoms with E-state index in [4.69, 9.17) is 18.0 Å². The van der Waals surface area contributed by atoms with Crippen LogP contribution in [0.5, 0.6) is 0 Å². The number of thiocarbonyl (C=S) groups is 1. The monoisotopic (exact) mass is 306 g/mol. The molecule has 0 saturated carbocycles. The fourth-order valence-corrected chi connectivity index (χ4v) is 4.14. The maximum absolute atomic E-state index is 12.1. The van der Waals surface area contributed by atoms with E-state index in [1.807, 2.05) is 6.92 Å². The Balaban J connectivity index is 2.76. The second-order valence-corrected chi connectivity index (χ2v) is 7.61. The molecule has 0 amide bonds. The van der Waals surface area contributed by atoms with Crippen LogP contribution in [0.25, 0.3) is 0 Å². The molecule has 0 saturated heterocycles. The van der Waals surface area contributed by atoms with E-state index in [-0.39, 0.29) is 15.2 Å². The Labute approximate surface area is 118 Å². The van der Waals surface area contributed by atoms with Crippen molar-refractivity contribution < 1.29 is 8.42 Å². The molecular weight excluding hydrogens is 288 g/mol. The molecule has 1 unspecified atom stereocenters. The third kappa shape index (κ3) is 4.31. The van der Waals surface area contributed by atoms with Crippen LogP contribution in [-0.4, -0.2) is 19.4 Å². The van der Waals surface area contributed by atoms with Gasteiger partial charge in [-0.1, -0.05) is 32.0 Å². The summed E-state index contributed by atoms with van der Waals surface area (Å²) in [6, 6.07) is 3.11. The fraction of sp³-hybridized carbons (Fsp3) is 0.545. The van der Waals surface area contributed by atoms with Gasteiger partial charge in [0.2, 0.25) is 10.0 Å². The van der Waals surface area contributed by atoms with Crippen molar-refractivity contribution in [2.75, 3.05) is 0 Å². The SMILES string of the molecule is CCCCC(C)NS(=O)(=O)c1ccc(C(N)=S)s1. The molecule has 1 aromatic rings. The molecule has 0 bridgehead atoms. The summed E-state index contributed by atoms with van der Waals surface area (Å²) in [5.74, 6) is 0. The molecule has 102 valence electrons. The molecule has 0 fully saturated rings. The first-order chi connectivity index (χ1) is 8.36. The molecule has 1 heterocycles. The summed E-state index contributed by atoms with van der Waals surface area (Å²) in [5.41, 5.74) is 5.46. The molecule has 0 aliphatic heterocycles. The van der Waals surface area contributed by atoms with Gasteiger partial charge in [-0.15, -0.1) is 11.3 Å². The van der Waals surface area contributed by atoms with E-state index in [0.29, 0.717) is 4.88 Å². The van der Waals surface area contributed by atoms with Gasteiger partial charge in [0, 0.05) is 6.04 Å². The van der Waals surface area contributed by atoms with Crippen molar-refractivity contribution >= 4 is 38.6 Å². The van der Waals surface area contributed by atoms with Gasteiger partial charge in [-0.3, -0.25) is 0 Å². The normalized spacial score (nSPS) is 13.4. The van der Waals surface area contributed by atoms with Crippen LogP contribution in [-0.2, 0) is 10.0 Å². The van der Waals surface area contributed by atoms with Gasteiger partial charge < -0.3 is 5.73 Å². The number of thiophene rings is 1. The lowest BCUT2D eigenvalue weighted by atomic mass is 10.2. The van der Waals surface area contributed by atoms with Crippen molar-refractivity contribution in [1.82, 2.24) is 4.72 Å². The molecular formula is C11H18N2O2S3. The van der Waals surface area contributed by atoms with Crippen LogP contribution >= 0.6 is 23.6 Å². The van der Waals surface area contributed by atoms with E-state index in [1.165, 1.54) is 6.07 Å². The minimum atomic E-state index is -3.45. The van der Waals surface area contributed by atoms with E-state index >= 15 is 0 Å². The maximum Gasteiger partial charge on any atom is 0.250 e. The quantitative estimate of drug-likeness (QED) is 0.758. The lowest BCUT2D eigenvalue weighted by Gasteiger charge is -2.12. The average molecular weight is 306 g/mol. The van der Waals surface area contributed by atoms with Crippen LogP contribution in [0.2, 0.25) is 0 Å². The molecule has 0 aliphatic carbocycles. The Kier molecular flexibility index (Phi) is 5.71. The molecule has 0 aliphatic rings. The number of nitrogens with two attached hydrogens (primary N) is 1. The smallest absolute Gasteiger partial charge is 0.250 e. The van der Waals surface area contributed by atoms with Gasteiger partial charge in [-0.05, 0) is 25.5 Å². The summed E-state index contributed by atoms with van der Waals surface area (Å²) in [6.07, 6.45) is 2.90. The highest BCUT2D eigenvalue weighted by atomic mass is 32.2. The van der Waals surface area contributed by atoms with Gasteiger partial charge in [0.15, 0.2) is 0 Å². The van der Waals surface area contributed by atoms with Crippen LogP contribution in [0.3, 0.4) is 0 Å². The first-order valence-electron chi connectivity index (χ1n) is 5.78. The first kappa shape index (κ1) is 15.6. The highest BCUT2D eigenvalue weighted by molar-refractivity contribution is 7.91. The van der Waals surface area contributed by atoms with Gasteiger partial charge in [0.1, 0.15) is 9.20 Å². The van der Waals surface area contributed by atoms with Gasteiger partial charge in [0.25, 0.3) is 0 Å². The van der Waals surface area contributed by atoms with E-state index in [2.05, 4.69) is 11.6 Å². The summed E-state index contributed by atoms with van der Waals surface area (Å²) >= 11 is 5.91. The lowest BCUT2D eigenvalue weighted by Crippen LogP contribution is -2.32. The van der Waals surface area contributed by atoms with Gasteiger partial charge in [-0.25, -0.2) is 13.1 Å². The van der Waals surface area contributed by atoms with Crippen molar-refractivity contribution in [3.63, 3.8) is 0 Å². The zero-order chi connectivity index (χ0) is 13.8. The number of rotatable bonds is 7. The van der Waals surface area contributed by atoms with Crippen molar-refractivity contribution in [3.8, 4) is 0 Å². The predicted molar refractivity (Wildman–Crippen MR) is 79.5 cm³/mol. The second kappa shape index (κ2) is 6.60. The maximum atomic E-state index is 12.1. The van der Waals surface area contributed by atoms with E-state index < -0.39 is 10.0 Å². The summed E-state index contributed by atoms with van der Waals surface area (Å²) in [7, 11) is -3.45. The molecule has 0 aromatic carbocycles. The number of unbranched alkanes of at least 4 members (excludes halogenated alkanes) is 1. The Morgan fingerprint density at radius 1 is 1.56 bits per heavy atom. The van der Waals surface area contributed by atoms with Gasteiger partial charge >= 0.3 is 0 Å². The summed E-state index contributed by atoms with van der Waals surface area (Å²) in [5, 5.41) is 0. The van der Waals surface area contributed by atoms with Gasteiger partial charge in [-0.2, -0.15) is 0 Å². The van der Waals surface area contributed by atoms with Crippen LogP contribution in [0, 0.1) is 0 Å². The molecule has 0 radical (unpaired) electrons. The highest BCUT2D eigenvalue weighted by Gasteiger charge is 2.19. The van der Waals surface area contributed by atoms with E-state index in [0.717, 1.165) is 30.6 Å². The molecule has 18 heavy (non-hydrogen) atoms. The molecule has 7 heteroatoms. The standard InChI is InChI=1S/C11H18N2O2S3/c1-3-4-5-8(2)13-18(14,15)10-7-6-9(17-10)11(12)16/h6-8,13H,3-5H2,1-2H3,(H2,12,16). The Hall–Kier alpha value is -0.500. The van der Waals surface area contributed by atoms with E-state index in [9.17, 15) is 8.42 Å². The van der Waals surface area contributed by atoms with Crippen LogP contribution in [0.15, 0.2) is 16.3 Å². The predicted octanol–water partition coefficient (Wildman–Crippen LogP) is 2.24. The molecule has 1 atom stereocenters.